The molecule has 2 aromatic rings. The third kappa shape index (κ3) is 2.85. The summed E-state index contributed by atoms with van der Waals surface area (Å²) in [7, 11) is 0. The maximum Gasteiger partial charge on any atom is 0.259 e. The number of rotatable bonds is 2. The van der Waals surface area contributed by atoms with E-state index in [0.717, 1.165) is 11.1 Å². The van der Waals surface area contributed by atoms with Crippen LogP contribution in [0.5, 0.6) is 11.5 Å². The molecule has 0 radical (unpaired) electrons. The molecule has 0 saturated carbocycles. The quantitative estimate of drug-likeness (QED) is 0.774. The van der Waals surface area contributed by atoms with E-state index in [-0.39, 0.29) is 17.1 Å². The molecule has 4 nitrogen and oxygen atoms in total. The number of anilines is 1. The number of amides is 1. The molecule has 0 fully saturated rings. The highest BCUT2D eigenvalue weighted by Gasteiger charge is 2.11. The molecule has 19 heavy (non-hydrogen) atoms. The summed E-state index contributed by atoms with van der Waals surface area (Å²) >= 11 is 0. The standard InChI is InChI=1S/C15H15NO3/c1-9-3-6-12(14(18)7-9)15(19)16-11-5-4-10(2)13(17)8-11/h3-8,17-18H,1-2H3,(H,16,19). The van der Waals surface area contributed by atoms with Crippen LogP contribution in [-0.2, 0) is 0 Å². The van der Waals surface area contributed by atoms with Gasteiger partial charge in [-0.25, -0.2) is 0 Å². The van der Waals surface area contributed by atoms with Gasteiger partial charge in [0.15, 0.2) is 0 Å². The van der Waals surface area contributed by atoms with Gasteiger partial charge in [-0.15, -0.1) is 0 Å². The van der Waals surface area contributed by atoms with E-state index >= 15 is 0 Å². The molecule has 4 heteroatoms. The first kappa shape index (κ1) is 13.0. The Kier molecular flexibility index (Phi) is 3.42. The minimum absolute atomic E-state index is 0.0613. The Balaban J connectivity index is 2.23. The van der Waals surface area contributed by atoms with Gasteiger partial charge in [0.1, 0.15) is 11.5 Å². The molecule has 0 unspecified atom stereocenters. The zero-order valence-electron chi connectivity index (χ0n) is 10.8. The van der Waals surface area contributed by atoms with E-state index < -0.39 is 5.91 Å². The average molecular weight is 257 g/mol. The lowest BCUT2D eigenvalue weighted by atomic mass is 10.1. The largest absolute Gasteiger partial charge is 0.508 e. The normalized spacial score (nSPS) is 10.2. The lowest BCUT2D eigenvalue weighted by Crippen LogP contribution is -2.12. The lowest BCUT2D eigenvalue weighted by molar-refractivity contribution is 0.102. The SMILES string of the molecule is Cc1ccc(C(=O)Nc2ccc(C)c(O)c2)c(O)c1. The number of benzene rings is 2. The summed E-state index contributed by atoms with van der Waals surface area (Å²) in [5.74, 6) is -0.361. The maximum atomic E-state index is 12.0. The second kappa shape index (κ2) is 5.02. The molecule has 2 aromatic carbocycles. The summed E-state index contributed by atoms with van der Waals surface area (Å²) in [4.78, 5) is 12.0. The van der Waals surface area contributed by atoms with Crippen LogP contribution in [0.15, 0.2) is 36.4 Å². The van der Waals surface area contributed by atoms with Crippen molar-refractivity contribution in [3.05, 3.63) is 53.1 Å². The van der Waals surface area contributed by atoms with Crippen LogP contribution < -0.4 is 5.32 Å². The molecule has 0 spiro atoms. The van der Waals surface area contributed by atoms with Crippen LogP contribution >= 0.6 is 0 Å². The van der Waals surface area contributed by atoms with Gasteiger partial charge in [0, 0.05) is 11.8 Å². The van der Waals surface area contributed by atoms with E-state index in [4.69, 9.17) is 0 Å². The number of carbonyl (C=O) groups is 1. The van der Waals surface area contributed by atoms with Crippen LogP contribution in [0.25, 0.3) is 0 Å². The van der Waals surface area contributed by atoms with Crippen molar-refractivity contribution in [3.8, 4) is 11.5 Å². The number of hydrogen-bond acceptors (Lipinski definition) is 3. The van der Waals surface area contributed by atoms with Crippen molar-refractivity contribution < 1.29 is 15.0 Å². The smallest absolute Gasteiger partial charge is 0.259 e. The summed E-state index contributed by atoms with van der Waals surface area (Å²) in [6.45, 7) is 3.60. The van der Waals surface area contributed by atoms with E-state index in [2.05, 4.69) is 5.32 Å². The molecule has 0 atom stereocenters. The van der Waals surface area contributed by atoms with Gasteiger partial charge in [-0.3, -0.25) is 4.79 Å². The highest BCUT2D eigenvalue weighted by Crippen LogP contribution is 2.23. The van der Waals surface area contributed by atoms with Crippen LogP contribution in [0.2, 0.25) is 0 Å². The van der Waals surface area contributed by atoms with Crippen molar-refractivity contribution in [1.82, 2.24) is 0 Å². The lowest BCUT2D eigenvalue weighted by Gasteiger charge is -2.08. The Labute approximate surface area is 111 Å². The van der Waals surface area contributed by atoms with Gasteiger partial charge >= 0.3 is 0 Å². The van der Waals surface area contributed by atoms with E-state index in [1.807, 2.05) is 6.92 Å². The number of phenols is 2. The van der Waals surface area contributed by atoms with Crippen molar-refractivity contribution >= 4 is 11.6 Å². The number of phenolic OH excluding ortho intramolecular Hbond substituents is 2. The summed E-state index contributed by atoms with van der Waals surface area (Å²) in [6, 6.07) is 9.72. The number of hydrogen-bond donors (Lipinski definition) is 3. The molecule has 1 amide bonds. The Bertz CT molecular complexity index is 635. The Morgan fingerprint density at radius 3 is 2.37 bits per heavy atom. The van der Waals surface area contributed by atoms with Crippen molar-refractivity contribution in [2.24, 2.45) is 0 Å². The number of nitrogens with one attached hydrogen (secondary N) is 1. The molecule has 0 aliphatic heterocycles. The zero-order chi connectivity index (χ0) is 14.0. The minimum atomic E-state index is -0.416. The highest BCUT2D eigenvalue weighted by atomic mass is 16.3. The third-order valence-electron chi connectivity index (χ3n) is 2.86. The molecule has 0 bridgehead atoms. The van der Waals surface area contributed by atoms with Gasteiger partial charge in [0.05, 0.1) is 5.56 Å². The van der Waals surface area contributed by atoms with Gasteiger partial charge < -0.3 is 15.5 Å². The van der Waals surface area contributed by atoms with Gasteiger partial charge in [-0.05, 0) is 43.2 Å². The minimum Gasteiger partial charge on any atom is -0.508 e. The van der Waals surface area contributed by atoms with Crippen molar-refractivity contribution in [1.29, 1.82) is 0 Å². The second-order valence-electron chi connectivity index (χ2n) is 4.48. The molecule has 2 rings (SSSR count). The molecule has 0 aliphatic carbocycles. The molecule has 98 valence electrons. The van der Waals surface area contributed by atoms with E-state index in [1.54, 1.807) is 31.2 Å². The Hall–Kier alpha value is -2.49. The fourth-order valence-corrected chi connectivity index (χ4v) is 1.72. The van der Waals surface area contributed by atoms with Gasteiger partial charge in [-0.1, -0.05) is 12.1 Å². The first-order chi connectivity index (χ1) is 8.97. The number of aryl methyl sites for hydroxylation is 2. The van der Waals surface area contributed by atoms with Crippen LogP contribution in [0, 0.1) is 13.8 Å². The molecule has 0 heterocycles. The highest BCUT2D eigenvalue weighted by molar-refractivity contribution is 6.06. The van der Waals surface area contributed by atoms with Crippen LogP contribution in [0.4, 0.5) is 5.69 Å². The molecule has 0 saturated heterocycles. The van der Waals surface area contributed by atoms with Gasteiger partial charge in [-0.2, -0.15) is 0 Å². The summed E-state index contributed by atoms with van der Waals surface area (Å²) in [5, 5.41) is 21.9. The summed E-state index contributed by atoms with van der Waals surface area (Å²) < 4.78 is 0. The van der Waals surface area contributed by atoms with Crippen LogP contribution in [-0.4, -0.2) is 16.1 Å². The molecule has 3 N–H and O–H groups in total. The number of aromatic hydroxyl groups is 2. The van der Waals surface area contributed by atoms with Crippen molar-refractivity contribution in [2.45, 2.75) is 13.8 Å². The average Bonchev–Trinajstić information content (AvgIpc) is 2.33. The summed E-state index contributed by atoms with van der Waals surface area (Å²) in [5.41, 5.74) is 2.29. The Morgan fingerprint density at radius 2 is 1.74 bits per heavy atom. The van der Waals surface area contributed by atoms with E-state index in [0.29, 0.717) is 5.69 Å². The van der Waals surface area contributed by atoms with Gasteiger partial charge in [0.25, 0.3) is 5.91 Å². The molecular formula is C15H15NO3. The second-order valence-corrected chi connectivity index (χ2v) is 4.48. The Morgan fingerprint density at radius 1 is 1.00 bits per heavy atom. The fourth-order valence-electron chi connectivity index (χ4n) is 1.72. The van der Waals surface area contributed by atoms with E-state index in [9.17, 15) is 15.0 Å². The molecule has 0 aliphatic rings. The van der Waals surface area contributed by atoms with Crippen LogP contribution in [0.1, 0.15) is 21.5 Å². The van der Waals surface area contributed by atoms with Crippen molar-refractivity contribution in [2.75, 3.05) is 5.32 Å². The molecular weight excluding hydrogens is 242 g/mol. The first-order valence-corrected chi connectivity index (χ1v) is 5.88. The maximum absolute atomic E-state index is 12.0. The van der Waals surface area contributed by atoms with Crippen molar-refractivity contribution in [3.63, 3.8) is 0 Å². The summed E-state index contributed by atoms with van der Waals surface area (Å²) in [6.07, 6.45) is 0. The topological polar surface area (TPSA) is 69.6 Å². The zero-order valence-corrected chi connectivity index (χ0v) is 10.8. The first-order valence-electron chi connectivity index (χ1n) is 5.88. The molecule has 0 aromatic heterocycles. The number of carbonyl (C=O) groups excluding carboxylic acids is 1. The predicted octanol–water partition coefficient (Wildman–Crippen LogP) is 2.97. The van der Waals surface area contributed by atoms with Crippen LogP contribution in [0.3, 0.4) is 0 Å². The van der Waals surface area contributed by atoms with E-state index in [1.165, 1.54) is 12.1 Å². The predicted molar refractivity (Wildman–Crippen MR) is 73.6 cm³/mol. The third-order valence-corrected chi connectivity index (χ3v) is 2.86. The monoisotopic (exact) mass is 257 g/mol. The van der Waals surface area contributed by atoms with Gasteiger partial charge in [0.2, 0.25) is 0 Å². The fraction of sp³-hybridized carbons (Fsp3) is 0.133.